The van der Waals surface area contributed by atoms with Crippen molar-refractivity contribution in [2.75, 3.05) is 5.32 Å². The number of unbranched alkanes of at least 4 members (excludes halogenated alkanes) is 1. The summed E-state index contributed by atoms with van der Waals surface area (Å²) in [5.41, 5.74) is 3.38. The lowest BCUT2D eigenvalue weighted by Crippen LogP contribution is -2.33. The van der Waals surface area contributed by atoms with Crippen molar-refractivity contribution in [3.05, 3.63) is 76.3 Å². The van der Waals surface area contributed by atoms with Gasteiger partial charge in [-0.25, -0.2) is 0 Å². The zero-order valence-corrected chi connectivity index (χ0v) is 22.2. The van der Waals surface area contributed by atoms with E-state index in [1.54, 1.807) is 24.3 Å². The number of hydrogen-bond acceptors (Lipinski definition) is 8. The smallest absolute Gasteiger partial charge is 0.307 e. The molecule has 1 aliphatic rings. The second kappa shape index (κ2) is 14.1. The number of aliphatic carboxylic acids is 1. The largest absolute Gasteiger partial charge is 0.481 e. The Bertz CT molecular complexity index is 1370. The molecule has 1 aliphatic heterocycles. The van der Waals surface area contributed by atoms with Crippen LogP contribution >= 0.6 is 11.3 Å². The van der Waals surface area contributed by atoms with E-state index < -0.39 is 5.97 Å². The van der Waals surface area contributed by atoms with Crippen LogP contribution in [0.25, 0.3) is 0 Å². The van der Waals surface area contributed by atoms with Crippen LogP contribution in [0.15, 0.2) is 64.8 Å². The van der Waals surface area contributed by atoms with E-state index in [1.807, 2.05) is 30.3 Å². The molecule has 0 spiro atoms. The number of nitrogens with one attached hydrogen (secondary N) is 2. The summed E-state index contributed by atoms with van der Waals surface area (Å²) in [6.07, 6.45) is 5.23. The molecule has 0 atom stereocenters. The Kier molecular flexibility index (Phi) is 10.0. The van der Waals surface area contributed by atoms with Gasteiger partial charge in [0.1, 0.15) is 10.8 Å². The number of carboxylic acid groups (broad SMARTS) is 1. The van der Waals surface area contributed by atoms with Gasteiger partial charge in [-0.3, -0.25) is 14.4 Å². The molecule has 11 heteroatoms. The SMILES string of the molecule is O=C(O)Cc1cccc(CC(=O)Nc2nnc(CCCCC3=NN=C(NC(=O)Cc4ccccc4)CC3)s2)c1. The molecule has 0 aliphatic carbocycles. The number of anilines is 1. The highest BCUT2D eigenvalue weighted by Crippen LogP contribution is 2.19. The van der Waals surface area contributed by atoms with Crippen LogP contribution in [-0.4, -0.2) is 44.6 Å². The molecule has 3 aromatic rings. The first kappa shape index (κ1) is 27.8. The van der Waals surface area contributed by atoms with Gasteiger partial charge in [-0.2, -0.15) is 5.10 Å². The highest BCUT2D eigenvalue weighted by atomic mass is 32.1. The van der Waals surface area contributed by atoms with Crippen LogP contribution in [0.3, 0.4) is 0 Å². The molecule has 0 saturated heterocycles. The molecule has 202 valence electrons. The lowest BCUT2D eigenvalue weighted by molar-refractivity contribution is -0.136. The zero-order valence-electron chi connectivity index (χ0n) is 21.4. The van der Waals surface area contributed by atoms with Crippen LogP contribution in [-0.2, 0) is 40.1 Å². The number of aromatic nitrogens is 2. The molecule has 10 nitrogen and oxygen atoms in total. The first-order valence-corrected chi connectivity index (χ1v) is 13.6. The summed E-state index contributed by atoms with van der Waals surface area (Å²) < 4.78 is 0. The van der Waals surface area contributed by atoms with Crippen molar-refractivity contribution in [3.8, 4) is 0 Å². The van der Waals surface area contributed by atoms with Gasteiger partial charge in [0.2, 0.25) is 16.9 Å². The van der Waals surface area contributed by atoms with Crippen molar-refractivity contribution < 1.29 is 19.5 Å². The maximum atomic E-state index is 12.4. The summed E-state index contributed by atoms with van der Waals surface area (Å²) in [4.78, 5) is 35.5. The molecule has 4 rings (SSSR count). The average Bonchev–Trinajstić information content (AvgIpc) is 3.34. The van der Waals surface area contributed by atoms with E-state index in [0.29, 0.717) is 29.4 Å². The van der Waals surface area contributed by atoms with E-state index in [-0.39, 0.29) is 24.7 Å². The lowest BCUT2D eigenvalue weighted by atomic mass is 10.1. The maximum absolute atomic E-state index is 12.4. The quantitative estimate of drug-likeness (QED) is 0.293. The number of amides is 2. The number of carboxylic acids is 1. The third kappa shape index (κ3) is 9.53. The molecule has 0 bridgehead atoms. The Morgan fingerprint density at radius 1 is 0.769 bits per heavy atom. The van der Waals surface area contributed by atoms with E-state index in [1.165, 1.54) is 11.3 Å². The van der Waals surface area contributed by atoms with E-state index in [9.17, 15) is 14.4 Å². The molecule has 2 amide bonds. The van der Waals surface area contributed by atoms with Gasteiger partial charge in [0, 0.05) is 18.6 Å². The monoisotopic (exact) mass is 546 g/mol. The predicted molar refractivity (Wildman–Crippen MR) is 150 cm³/mol. The number of benzene rings is 2. The molecule has 0 fully saturated rings. The van der Waals surface area contributed by atoms with Crippen LogP contribution in [0.5, 0.6) is 0 Å². The Morgan fingerprint density at radius 3 is 2.21 bits per heavy atom. The van der Waals surface area contributed by atoms with Crippen LogP contribution in [0.2, 0.25) is 0 Å². The minimum Gasteiger partial charge on any atom is -0.481 e. The summed E-state index contributed by atoms with van der Waals surface area (Å²) >= 11 is 1.35. The molecule has 39 heavy (non-hydrogen) atoms. The molecule has 0 radical (unpaired) electrons. The van der Waals surface area contributed by atoms with Crippen LogP contribution in [0, 0.1) is 0 Å². The van der Waals surface area contributed by atoms with Gasteiger partial charge in [-0.1, -0.05) is 65.9 Å². The lowest BCUT2D eigenvalue weighted by Gasteiger charge is -2.13. The van der Waals surface area contributed by atoms with E-state index in [2.05, 4.69) is 31.0 Å². The normalized spacial score (nSPS) is 12.8. The Morgan fingerprint density at radius 2 is 1.46 bits per heavy atom. The van der Waals surface area contributed by atoms with Gasteiger partial charge in [-0.05, 0) is 42.4 Å². The topological polar surface area (TPSA) is 146 Å². The number of rotatable bonds is 12. The van der Waals surface area contributed by atoms with Crippen LogP contribution in [0.4, 0.5) is 5.13 Å². The van der Waals surface area contributed by atoms with Crippen molar-refractivity contribution in [2.45, 2.75) is 57.8 Å². The summed E-state index contributed by atoms with van der Waals surface area (Å²) in [5.74, 6) is -0.614. The zero-order chi connectivity index (χ0) is 27.5. The maximum Gasteiger partial charge on any atom is 0.307 e. The highest BCUT2D eigenvalue weighted by Gasteiger charge is 2.14. The Hall–Kier alpha value is -4.25. The third-order valence-electron chi connectivity index (χ3n) is 5.98. The van der Waals surface area contributed by atoms with Gasteiger partial charge in [0.15, 0.2) is 0 Å². The van der Waals surface area contributed by atoms with E-state index in [4.69, 9.17) is 5.11 Å². The van der Waals surface area contributed by atoms with E-state index in [0.717, 1.165) is 54.0 Å². The number of amidine groups is 1. The minimum absolute atomic E-state index is 0.0791. The number of nitrogens with zero attached hydrogens (tertiary/aromatic N) is 4. The van der Waals surface area contributed by atoms with Gasteiger partial charge < -0.3 is 15.7 Å². The number of aryl methyl sites for hydroxylation is 1. The number of hydrogen-bond donors (Lipinski definition) is 3. The first-order valence-electron chi connectivity index (χ1n) is 12.8. The fraction of sp³-hybridized carbons (Fsp3) is 0.321. The Balaban J connectivity index is 1.14. The summed E-state index contributed by atoms with van der Waals surface area (Å²) in [6.45, 7) is 0. The summed E-state index contributed by atoms with van der Waals surface area (Å²) in [6, 6.07) is 16.6. The average molecular weight is 547 g/mol. The standard InChI is InChI=1S/C28H30N6O4S/c35-24(16-19-7-2-1-3-8-19)29-23-14-13-22(31-32-23)11-4-5-12-26-33-34-28(39-26)30-25(36)17-20-9-6-10-21(15-20)18-27(37)38/h1-3,6-10,15H,4-5,11-14,16-18H2,(H,37,38)(H,29,32,35)(H,30,34,36). The van der Waals surface area contributed by atoms with Crippen molar-refractivity contribution in [1.29, 1.82) is 0 Å². The van der Waals surface area contributed by atoms with Crippen molar-refractivity contribution >= 4 is 45.8 Å². The highest BCUT2D eigenvalue weighted by molar-refractivity contribution is 7.15. The fourth-order valence-electron chi connectivity index (χ4n) is 4.13. The molecule has 2 heterocycles. The summed E-state index contributed by atoms with van der Waals surface area (Å²) in [5, 5.41) is 32.6. The fourth-order valence-corrected chi connectivity index (χ4v) is 4.92. The van der Waals surface area contributed by atoms with Gasteiger partial charge in [0.25, 0.3) is 0 Å². The van der Waals surface area contributed by atoms with Crippen LogP contribution in [0.1, 0.15) is 53.8 Å². The first-order chi connectivity index (χ1) is 18.9. The molecule has 2 aromatic carbocycles. The molecule has 1 aromatic heterocycles. The minimum atomic E-state index is -0.910. The summed E-state index contributed by atoms with van der Waals surface area (Å²) in [7, 11) is 0. The van der Waals surface area contributed by atoms with Gasteiger partial charge >= 0.3 is 5.97 Å². The number of carbonyl (C=O) groups excluding carboxylic acids is 2. The predicted octanol–water partition coefficient (Wildman–Crippen LogP) is 3.97. The second-order valence-electron chi connectivity index (χ2n) is 9.25. The van der Waals surface area contributed by atoms with Crippen LogP contribution < -0.4 is 10.6 Å². The molecule has 3 N–H and O–H groups in total. The molecular weight excluding hydrogens is 516 g/mol. The molecule has 0 saturated carbocycles. The van der Waals surface area contributed by atoms with E-state index >= 15 is 0 Å². The van der Waals surface area contributed by atoms with Crippen molar-refractivity contribution in [2.24, 2.45) is 10.2 Å². The molecule has 0 unspecified atom stereocenters. The third-order valence-corrected chi connectivity index (χ3v) is 6.88. The molecular formula is C28H30N6O4S. The second-order valence-corrected chi connectivity index (χ2v) is 10.3. The Labute approximate surface area is 230 Å². The van der Waals surface area contributed by atoms with Gasteiger partial charge in [0.05, 0.1) is 19.3 Å². The number of carbonyl (C=O) groups is 3. The van der Waals surface area contributed by atoms with Crippen molar-refractivity contribution in [1.82, 2.24) is 15.5 Å². The van der Waals surface area contributed by atoms with Gasteiger partial charge in [-0.15, -0.1) is 15.3 Å². The van der Waals surface area contributed by atoms with Crippen molar-refractivity contribution in [3.63, 3.8) is 0 Å².